The molecule has 0 aliphatic carbocycles. The zero-order valence-electron chi connectivity index (χ0n) is 11.4. The number of nitrogens with zero attached hydrogens (tertiary/aromatic N) is 2. The number of likely N-dealkylation sites (N-methyl/N-ethyl adjacent to an activating group) is 1. The van der Waals surface area contributed by atoms with Crippen LogP contribution in [0.5, 0.6) is 0 Å². The number of aryl methyl sites for hydroxylation is 1. The first kappa shape index (κ1) is 12.9. The molecule has 1 aromatic rings. The molecule has 1 aliphatic rings. The molecule has 18 heavy (non-hydrogen) atoms. The van der Waals surface area contributed by atoms with Gasteiger partial charge in [-0.3, -0.25) is 4.79 Å². The van der Waals surface area contributed by atoms with Crippen LogP contribution in [-0.2, 0) is 4.79 Å². The average molecular weight is 246 g/mol. The lowest BCUT2D eigenvalue weighted by Crippen LogP contribution is -2.39. The van der Waals surface area contributed by atoms with Crippen molar-refractivity contribution in [2.75, 3.05) is 31.1 Å². The third-order valence-electron chi connectivity index (χ3n) is 3.53. The van der Waals surface area contributed by atoms with Gasteiger partial charge in [0.2, 0.25) is 5.91 Å². The van der Waals surface area contributed by atoms with E-state index in [1.807, 2.05) is 11.0 Å². The fourth-order valence-electron chi connectivity index (χ4n) is 2.44. The fourth-order valence-corrected chi connectivity index (χ4v) is 2.44. The molecule has 1 fully saturated rings. The molecular weight excluding hydrogens is 224 g/mol. The van der Waals surface area contributed by atoms with Crippen molar-refractivity contribution in [2.24, 2.45) is 0 Å². The number of amides is 1. The minimum Gasteiger partial charge on any atom is -0.362 e. The quantitative estimate of drug-likeness (QED) is 0.814. The molecule has 0 unspecified atom stereocenters. The van der Waals surface area contributed by atoms with Crippen LogP contribution < -0.4 is 4.90 Å². The zero-order chi connectivity index (χ0) is 13.0. The van der Waals surface area contributed by atoms with Crippen molar-refractivity contribution in [1.29, 1.82) is 0 Å². The Morgan fingerprint density at radius 2 is 2.06 bits per heavy atom. The monoisotopic (exact) mass is 246 g/mol. The third-order valence-corrected chi connectivity index (χ3v) is 3.53. The maximum absolute atomic E-state index is 12.2. The standard InChI is InChI=1S/C15H22N2O/c1-3-16(14-8-6-7-13(2)11-14)12-15(18)17-9-4-5-10-17/h6-8,11H,3-5,9-10,12H2,1-2H3. The highest BCUT2D eigenvalue weighted by molar-refractivity contribution is 5.81. The number of rotatable bonds is 4. The van der Waals surface area contributed by atoms with Crippen molar-refractivity contribution in [3.63, 3.8) is 0 Å². The normalized spacial score (nSPS) is 14.9. The summed E-state index contributed by atoms with van der Waals surface area (Å²) in [6.45, 7) is 7.41. The number of benzene rings is 1. The van der Waals surface area contributed by atoms with Crippen LogP contribution in [0.3, 0.4) is 0 Å². The molecule has 98 valence electrons. The molecule has 3 heteroatoms. The molecule has 2 rings (SSSR count). The minimum absolute atomic E-state index is 0.260. The Morgan fingerprint density at radius 3 is 2.67 bits per heavy atom. The van der Waals surface area contributed by atoms with Crippen molar-refractivity contribution in [2.45, 2.75) is 26.7 Å². The van der Waals surface area contributed by atoms with Gasteiger partial charge in [-0.05, 0) is 44.4 Å². The van der Waals surface area contributed by atoms with Gasteiger partial charge in [-0.2, -0.15) is 0 Å². The second-order valence-electron chi connectivity index (χ2n) is 4.94. The molecule has 0 aromatic heterocycles. The van der Waals surface area contributed by atoms with Crippen molar-refractivity contribution in [1.82, 2.24) is 4.90 Å². The van der Waals surface area contributed by atoms with Gasteiger partial charge in [-0.1, -0.05) is 12.1 Å². The van der Waals surface area contributed by atoms with E-state index < -0.39 is 0 Å². The van der Waals surface area contributed by atoms with E-state index in [-0.39, 0.29) is 5.91 Å². The highest BCUT2D eigenvalue weighted by atomic mass is 16.2. The van der Waals surface area contributed by atoms with E-state index in [0.717, 1.165) is 38.2 Å². The average Bonchev–Trinajstić information content (AvgIpc) is 2.89. The highest BCUT2D eigenvalue weighted by Crippen LogP contribution is 2.16. The Balaban J connectivity index is 2.02. The van der Waals surface area contributed by atoms with E-state index in [4.69, 9.17) is 0 Å². The molecule has 0 spiro atoms. The molecule has 1 heterocycles. The first-order valence-electron chi connectivity index (χ1n) is 6.80. The van der Waals surface area contributed by atoms with Crippen LogP contribution in [0.2, 0.25) is 0 Å². The Morgan fingerprint density at radius 1 is 1.33 bits per heavy atom. The van der Waals surface area contributed by atoms with Crippen molar-refractivity contribution < 1.29 is 4.79 Å². The van der Waals surface area contributed by atoms with Gasteiger partial charge in [0.15, 0.2) is 0 Å². The van der Waals surface area contributed by atoms with Crippen LogP contribution in [0.4, 0.5) is 5.69 Å². The lowest BCUT2D eigenvalue weighted by Gasteiger charge is -2.25. The first-order valence-corrected chi connectivity index (χ1v) is 6.80. The Kier molecular flexibility index (Phi) is 4.24. The molecule has 1 amide bonds. The lowest BCUT2D eigenvalue weighted by atomic mass is 10.2. The predicted octanol–water partition coefficient (Wildman–Crippen LogP) is 2.44. The number of anilines is 1. The smallest absolute Gasteiger partial charge is 0.242 e. The Labute approximate surface area is 109 Å². The van der Waals surface area contributed by atoms with E-state index in [1.165, 1.54) is 5.56 Å². The van der Waals surface area contributed by atoms with Gasteiger partial charge in [0.25, 0.3) is 0 Å². The maximum atomic E-state index is 12.2. The van der Waals surface area contributed by atoms with Crippen molar-refractivity contribution in [3.8, 4) is 0 Å². The SMILES string of the molecule is CCN(CC(=O)N1CCCC1)c1cccc(C)c1. The van der Waals surface area contributed by atoms with E-state index >= 15 is 0 Å². The maximum Gasteiger partial charge on any atom is 0.242 e. The Hall–Kier alpha value is -1.51. The summed E-state index contributed by atoms with van der Waals surface area (Å²) >= 11 is 0. The minimum atomic E-state index is 0.260. The first-order chi connectivity index (χ1) is 8.70. The molecule has 3 nitrogen and oxygen atoms in total. The van der Waals surface area contributed by atoms with Gasteiger partial charge in [0.05, 0.1) is 6.54 Å². The van der Waals surface area contributed by atoms with Crippen LogP contribution in [0.1, 0.15) is 25.3 Å². The summed E-state index contributed by atoms with van der Waals surface area (Å²) in [5.74, 6) is 0.260. The second kappa shape index (κ2) is 5.89. The van der Waals surface area contributed by atoms with E-state index in [1.54, 1.807) is 0 Å². The summed E-state index contributed by atoms with van der Waals surface area (Å²) < 4.78 is 0. The van der Waals surface area contributed by atoms with Gasteiger partial charge >= 0.3 is 0 Å². The Bertz CT molecular complexity index is 411. The third kappa shape index (κ3) is 3.03. The molecule has 0 radical (unpaired) electrons. The van der Waals surface area contributed by atoms with Gasteiger partial charge in [0, 0.05) is 25.3 Å². The molecule has 1 aliphatic heterocycles. The van der Waals surface area contributed by atoms with E-state index in [2.05, 4.69) is 36.9 Å². The van der Waals surface area contributed by atoms with Crippen LogP contribution in [-0.4, -0.2) is 37.0 Å². The summed E-state index contributed by atoms with van der Waals surface area (Å²) in [4.78, 5) is 16.3. The number of hydrogen-bond acceptors (Lipinski definition) is 2. The topological polar surface area (TPSA) is 23.6 Å². The van der Waals surface area contributed by atoms with Gasteiger partial charge in [-0.25, -0.2) is 0 Å². The number of carbonyl (C=O) groups is 1. The summed E-state index contributed by atoms with van der Waals surface area (Å²) in [7, 11) is 0. The zero-order valence-corrected chi connectivity index (χ0v) is 11.4. The van der Waals surface area contributed by atoms with E-state index in [9.17, 15) is 4.79 Å². The molecule has 1 aromatic carbocycles. The molecular formula is C15H22N2O. The van der Waals surface area contributed by atoms with E-state index in [0.29, 0.717) is 6.54 Å². The summed E-state index contributed by atoms with van der Waals surface area (Å²) in [6.07, 6.45) is 2.31. The highest BCUT2D eigenvalue weighted by Gasteiger charge is 2.19. The summed E-state index contributed by atoms with van der Waals surface area (Å²) in [6, 6.07) is 8.35. The summed E-state index contributed by atoms with van der Waals surface area (Å²) in [5.41, 5.74) is 2.38. The molecule has 0 N–H and O–H groups in total. The fraction of sp³-hybridized carbons (Fsp3) is 0.533. The van der Waals surface area contributed by atoms with Gasteiger partial charge in [-0.15, -0.1) is 0 Å². The largest absolute Gasteiger partial charge is 0.362 e. The molecule has 0 bridgehead atoms. The van der Waals surface area contributed by atoms with Crippen LogP contribution in [0, 0.1) is 6.92 Å². The van der Waals surface area contributed by atoms with Crippen molar-refractivity contribution >= 4 is 11.6 Å². The number of hydrogen-bond donors (Lipinski definition) is 0. The lowest BCUT2D eigenvalue weighted by molar-refractivity contribution is -0.128. The van der Waals surface area contributed by atoms with Crippen molar-refractivity contribution in [3.05, 3.63) is 29.8 Å². The molecule has 0 saturated carbocycles. The molecule has 1 saturated heterocycles. The predicted molar refractivity (Wildman–Crippen MR) is 74.9 cm³/mol. The molecule has 0 atom stereocenters. The van der Waals surface area contributed by atoms with Crippen LogP contribution in [0.25, 0.3) is 0 Å². The van der Waals surface area contributed by atoms with Crippen LogP contribution in [0.15, 0.2) is 24.3 Å². The summed E-state index contributed by atoms with van der Waals surface area (Å²) in [5, 5.41) is 0. The second-order valence-corrected chi connectivity index (χ2v) is 4.94. The van der Waals surface area contributed by atoms with Crippen LogP contribution >= 0.6 is 0 Å². The number of carbonyl (C=O) groups excluding carboxylic acids is 1. The van der Waals surface area contributed by atoms with Gasteiger partial charge in [0.1, 0.15) is 0 Å². The number of likely N-dealkylation sites (tertiary alicyclic amines) is 1. The van der Waals surface area contributed by atoms with Gasteiger partial charge < -0.3 is 9.80 Å².